The lowest BCUT2D eigenvalue weighted by atomic mass is 9.71. The van der Waals surface area contributed by atoms with Gasteiger partial charge in [0.05, 0.1) is 0 Å². The van der Waals surface area contributed by atoms with Crippen molar-refractivity contribution in [3.63, 3.8) is 0 Å². The second-order valence-corrected chi connectivity index (χ2v) is 12.3. The summed E-state index contributed by atoms with van der Waals surface area (Å²) in [4.78, 5) is 11.9. The number of carbonyl (C=O) groups is 1. The molecule has 36 heavy (non-hydrogen) atoms. The fourth-order valence-electron chi connectivity index (χ4n) is 7.53. The third kappa shape index (κ3) is 3.12. The van der Waals surface area contributed by atoms with Crippen LogP contribution >= 0.6 is 11.8 Å². The molecule has 0 spiro atoms. The van der Waals surface area contributed by atoms with Gasteiger partial charge in [0, 0.05) is 35.1 Å². The molecule has 6 aliphatic rings. The van der Waals surface area contributed by atoms with E-state index >= 15 is 0 Å². The number of fused-ring (bicyclic) bond motifs is 5. The lowest BCUT2D eigenvalue weighted by molar-refractivity contribution is 0.112. The zero-order chi connectivity index (χ0) is 23.8. The summed E-state index contributed by atoms with van der Waals surface area (Å²) in [7, 11) is 0. The molecule has 3 heteroatoms. The van der Waals surface area contributed by atoms with E-state index in [0.29, 0.717) is 29.0 Å². The van der Waals surface area contributed by atoms with Crippen molar-refractivity contribution in [1.82, 2.24) is 5.32 Å². The molecule has 4 aromatic carbocycles. The average molecular weight is 488 g/mol. The van der Waals surface area contributed by atoms with Crippen LogP contribution in [0, 0.1) is 0 Å². The van der Waals surface area contributed by atoms with E-state index < -0.39 is 0 Å². The number of hydrogen-bond acceptors (Lipinski definition) is 3. The Bertz CT molecular complexity index is 1530. The smallest absolute Gasteiger partial charge is 0.150 e. The highest BCUT2D eigenvalue weighted by Crippen LogP contribution is 2.59. The largest absolute Gasteiger partial charge is 0.309 e. The summed E-state index contributed by atoms with van der Waals surface area (Å²) in [6.45, 7) is 1.15. The van der Waals surface area contributed by atoms with Gasteiger partial charge in [-0.15, -0.1) is 0 Å². The highest BCUT2D eigenvalue weighted by Gasteiger charge is 2.42. The van der Waals surface area contributed by atoms with Gasteiger partial charge in [-0.05, 0) is 99.0 Å². The maximum Gasteiger partial charge on any atom is 0.150 e. The Labute approximate surface area is 216 Å². The van der Waals surface area contributed by atoms with Gasteiger partial charge in [0.25, 0.3) is 0 Å². The Kier molecular flexibility index (Phi) is 4.75. The fraction of sp³-hybridized carbons (Fsp3) is 0.303. The first-order chi connectivity index (χ1) is 17.8. The summed E-state index contributed by atoms with van der Waals surface area (Å²) in [6.07, 6.45) is 4.88. The molecule has 178 valence electrons. The van der Waals surface area contributed by atoms with Crippen LogP contribution in [0.1, 0.15) is 86.5 Å². The highest BCUT2D eigenvalue weighted by molar-refractivity contribution is 7.99. The van der Waals surface area contributed by atoms with E-state index in [2.05, 4.69) is 71.7 Å². The molecule has 4 aromatic rings. The standard InChI is InChI=1S/C33H29NOS/c35-17-24-12-23(11-20-3-1-2-4-26(20)24)19-5-8-28-25-15-29(33(36-18-25)31(28)13-19)21-6-9-27-22-7-10-32(34-16-22)30(27)14-21/h1-6,8-9,11-14,17,22,25,29,32-34H,7,10,15-16,18H2. The van der Waals surface area contributed by atoms with Gasteiger partial charge in [-0.2, -0.15) is 11.8 Å². The number of benzene rings is 4. The van der Waals surface area contributed by atoms with E-state index in [4.69, 9.17) is 0 Å². The van der Waals surface area contributed by atoms with E-state index in [1.807, 2.05) is 18.2 Å². The summed E-state index contributed by atoms with van der Waals surface area (Å²) in [5.74, 6) is 3.14. The van der Waals surface area contributed by atoms with E-state index in [-0.39, 0.29) is 0 Å². The number of aldehydes is 1. The minimum absolute atomic E-state index is 0.503. The van der Waals surface area contributed by atoms with E-state index in [9.17, 15) is 4.79 Å². The zero-order valence-electron chi connectivity index (χ0n) is 20.2. The second-order valence-electron chi connectivity index (χ2n) is 11.2. The van der Waals surface area contributed by atoms with Crippen molar-refractivity contribution in [3.05, 3.63) is 106 Å². The SMILES string of the molecule is O=Cc1cc(-c2ccc3c(c2)C2SCC3CC2c2ccc3c(c2)C2CCC3CN2)cc2ccccc12. The lowest BCUT2D eigenvalue weighted by Gasteiger charge is -2.45. The van der Waals surface area contributed by atoms with Crippen molar-refractivity contribution in [2.45, 2.75) is 48.3 Å². The Morgan fingerprint density at radius 2 is 1.69 bits per heavy atom. The highest BCUT2D eigenvalue weighted by atomic mass is 32.2. The Balaban J connectivity index is 1.20. The number of rotatable bonds is 3. The molecule has 2 fully saturated rings. The monoisotopic (exact) mass is 487 g/mol. The number of thioether (sulfide) groups is 1. The maximum absolute atomic E-state index is 11.9. The molecular formula is C33H29NOS. The molecule has 4 bridgehead atoms. The normalized spacial score (nSPS) is 27.6. The first kappa shape index (κ1) is 21.2. The number of piperidine rings is 1. The summed E-state index contributed by atoms with van der Waals surface area (Å²) >= 11 is 2.15. The Morgan fingerprint density at radius 3 is 2.58 bits per heavy atom. The molecule has 2 aliphatic carbocycles. The number of carbonyl (C=O) groups excluding carboxylic acids is 1. The fourth-order valence-corrected chi connectivity index (χ4v) is 9.17. The maximum atomic E-state index is 11.9. The van der Waals surface area contributed by atoms with E-state index in [1.54, 1.807) is 16.7 Å². The molecule has 2 nitrogen and oxygen atoms in total. The third-order valence-corrected chi connectivity index (χ3v) is 10.9. The van der Waals surface area contributed by atoms with Gasteiger partial charge in [0.15, 0.2) is 6.29 Å². The molecule has 0 aromatic heterocycles. The number of nitrogens with one attached hydrogen (secondary N) is 1. The molecule has 4 aliphatic heterocycles. The van der Waals surface area contributed by atoms with Crippen molar-refractivity contribution < 1.29 is 4.79 Å². The van der Waals surface area contributed by atoms with Crippen LogP contribution in [0.15, 0.2) is 72.8 Å². The van der Waals surface area contributed by atoms with Crippen LogP contribution in [-0.2, 0) is 0 Å². The average Bonchev–Trinajstić information content (AvgIpc) is 2.97. The molecular weight excluding hydrogens is 458 g/mol. The van der Waals surface area contributed by atoms with Crippen LogP contribution in [0.4, 0.5) is 0 Å². The van der Waals surface area contributed by atoms with Crippen molar-refractivity contribution >= 4 is 28.8 Å². The van der Waals surface area contributed by atoms with Crippen molar-refractivity contribution in [2.24, 2.45) is 0 Å². The summed E-state index contributed by atoms with van der Waals surface area (Å²) in [5.41, 5.74) is 10.9. The van der Waals surface area contributed by atoms with Gasteiger partial charge < -0.3 is 5.32 Å². The van der Waals surface area contributed by atoms with E-state index in [1.165, 1.54) is 41.7 Å². The van der Waals surface area contributed by atoms with Crippen LogP contribution in [0.2, 0.25) is 0 Å². The number of hydrogen-bond donors (Lipinski definition) is 1. The summed E-state index contributed by atoms with van der Waals surface area (Å²) in [6, 6.07) is 27.6. The van der Waals surface area contributed by atoms with Crippen molar-refractivity contribution in [3.8, 4) is 11.1 Å². The molecule has 0 radical (unpaired) electrons. The lowest BCUT2D eigenvalue weighted by Crippen LogP contribution is -2.38. The summed E-state index contributed by atoms with van der Waals surface area (Å²) < 4.78 is 0. The first-order valence-corrected chi connectivity index (χ1v) is 14.4. The van der Waals surface area contributed by atoms with E-state index in [0.717, 1.165) is 34.7 Å². The van der Waals surface area contributed by atoms with Crippen LogP contribution in [0.3, 0.4) is 0 Å². The van der Waals surface area contributed by atoms with Crippen LogP contribution in [-0.4, -0.2) is 18.6 Å². The zero-order valence-corrected chi connectivity index (χ0v) is 21.1. The molecule has 5 atom stereocenters. The van der Waals surface area contributed by atoms with Crippen LogP contribution in [0.25, 0.3) is 21.9 Å². The molecule has 10 rings (SSSR count). The Morgan fingerprint density at radius 1 is 0.806 bits per heavy atom. The molecule has 0 amide bonds. The third-order valence-electron chi connectivity index (χ3n) is 9.34. The molecule has 0 saturated carbocycles. The second kappa shape index (κ2) is 8.06. The van der Waals surface area contributed by atoms with Gasteiger partial charge in [0.1, 0.15) is 0 Å². The van der Waals surface area contributed by atoms with Crippen LogP contribution in [0.5, 0.6) is 0 Å². The van der Waals surface area contributed by atoms with Gasteiger partial charge >= 0.3 is 0 Å². The Hall–Kier alpha value is -2.88. The first-order valence-electron chi connectivity index (χ1n) is 13.4. The molecule has 5 unspecified atom stereocenters. The predicted octanol–water partition coefficient (Wildman–Crippen LogP) is 7.90. The van der Waals surface area contributed by atoms with Crippen molar-refractivity contribution in [2.75, 3.05) is 12.3 Å². The van der Waals surface area contributed by atoms with Gasteiger partial charge in [-0.3, -0.25) is 4.79 Å². The van der Waals surface area contributed by atoms with Gasteiger partial charge in [0.2, 0.25) is 0 Å². The minimum Gasteiger partial charge on any atom is -0.309 e. The summed E-state index contributed by atoms with van der Waals surface area (Å²) in [5, 5.41) is 6.43. The van der Waals surface area contributed by atoms with Gasteiger partial charge in [-0.1, -0.05) is 54.6 Å². The van der Waals surface area contributed by atoms with Gasteiger partial charge in [-0.25, -0.2) is 0 Å². The minimum atomic E-state index is 0.503. The topological polar surface area (TPSA) is 29.1 Å². The quantitative estimate of drug-likeness (QED) is 0.298. The molecule has 2 saturated heterocycles. The van der Waals surface area contributed by atoms with Crippen molar-refractivity contribution in [1.29, 1.82) is 0 Å². The molecule has 4 heterocycles. The predicted molar refractivity (Wildman–Crippen MR) is 149 cm³/mol. The van der Waals surface area contributed by atoms with Crippen LogP contribution < -0.4 is 5.32 Å². The molecule has 1 N–H and O–H groups in total.